The number of aromatic nitrogens is 8. The highest BCUT2D eigenvalue weighted by molar-refractivity contribution is 5.78. The quantitative estimate of drug-likeness (QED) is 0.0473. The monoisotopic (exact) mass is 2130 g/mol. The molecular formula is C98H96F23N15O13. The predicted octanol–water partition coefficient (Wildman–Crippen LogP) is 19.0. The predicted molar refractivity (Wildman–Crippen MR) is 486 cm³/mol. The van der Waals surface area contributed by atoms with Crippen molar-refractivity contribution >= 4 is 41.8 Å². The molecule has 6 aliphatic rings. The summed E-state index contributed by atoms with van der Waals surface area (Å²) in [6.07, 6.45) is -33.4. The summed E-state index contributed by atoms with van der Waals surface area (Å²) in [7, 11) is 0. The Morgan fingerprint density at radius 3 is 1.09 bits per heavy atom. The Bertz CT molecular complexity index is 6600. The summed E-state index contributed by atoms with van der Waals surface area (Å²) in [6.45, 7) is 0.195. The van der Waals surface area contributed by atoms with Gasteiger partial charge >= 0.3 is 55.8 Å². The highest BCUT2D eigenvalue weighted by Gasteiger charge is 2.59. The highest BCUT2D eigenvalue weighted by atomic mass is 19.4. The number of rotatable bonds is 24. The number of anilines is 3. The standard InChI is InChI=1S/C25H21F7N4O5.C25H22F6N4O2.C24H27F6N3O2.C24H26F4N4O4/c26-17-10-15(41-25(30,31)32)6-7-20(17)40-23(38)35-9-8-16-18(11-35)34-22(33)36(21(16)37)19(12-39-13-24(27,28)29)14-4-2-1-3-5-14;26-24(27,28)19(25(29,30)31)13-20(36)34-12-11-17-18(14-34)33-23(32)35(22(17)37)21(15-7-3-1-4-8-15)16-9-5-2-6-10-16;1-3-4-10-19(16-8-6-5-7-9-16)33-15(2)31-18-14-32(12-11-17(18)22(33)35)21(34)13-20(23(25,26)27)24(28,29)30;25-17-11-15(36-24(26,27)28)7-8-19(17)35-23(34)31-10-9-16-18(12-31)30-22(29)32(21(16)33)20(13-3-1-4-13)14-5-2-6-14/h1-7,10,19H,8-9,11-13H2,(H2,33,34);1-10,19,21H,11-14H2,(H2,32,33);5-9,19-20H,3-4,10-14H2,1-2H3;7-8,11,13-14,20H,1-6,9-10,12H2,(H2,29,30). The average molecular weight is 2130 g/mol. The van der Waals surface area contributed by atoms with Gasteiger partial charge in [-0.3, -0.25) is 47.0 Å². The second-order valence-electron chi connectivity index (χ2n) is 35.9. The van der Waals surface area contributed by atoms with E-state index in [2.05, 4.69) is 29.4 Å². The molecule has 2 unspecified atom stereocenters. The minimum atomic E-state index is -5.62. The maximum absolute atomic E-state index is 14.2. The summed E-state index contributed by atoms with van der Waals surface area (Å²) in [5.74, 6) is -14.6. The number of fused-ring (bicyclic) bond motifs is 4. The number of benzene rings is 6. The number of nitrogens with two attached hydrogens (primary N) is 3. The molecule has 4 amide bonds. The van der Waals surface area contributed by atoms with Gasteiger partial charge in [-0.05, 0) is 123 Å². The van der Waals surface area contributed by atoms with Crippen LogP contribution in [0.15, 0.2) is 177 Å². The molecule has 6 N–H and O–H groups in total. The molecule has 2 saturated carbocycles. The van der Waals surface area contributed by atoms with Crippen molar-refractivity contribution < 1.29 is 144 Å². The molecule has 10 aromatic rings. The molecule has 28 nitrogen and oxygen atoms in total. The molecule has 51 heteroatoms. The Hall–Kier alpha value is -14.3. The Labute approximate surface area is 831 Å². The second-order valence-corrected chi connectivity index (χ2v) is 35.9. The molecule has 2 aliphatic carbocycles. The minimum Gasteiger partial charge on any atom is -0.407 e. The van der Waals surface area contributed by atoms with Gasteiger partial charge in [0.05, 0.1) is 73.7 Å². The van der Waals surface area contributed by atoms with Crippen molar-refractivity contribution in [2.75, 3.05) is 56.6 Å². The lowest BCUT2D eigenvalue weighted by Crippen LogP contribution is -2.45. The number of aryl methyl sites for hydroxylation is 1. The van der Waals surface area contributed by atoms with Crippen molar-refractivity contribution in [2.24, 2.45) is 23.7 Å². The van der Waals surface area contributed by atoms with Gasteiger partial charge in [-0.1, -0.05) is 154 Å². The van der Waals surface area contributed by atoms with Crippen LogP contribution < -0.4 is 58.4 Å². The normalized spacial score (nSPS) is 15.5. The van der Waals surface area contributed by atoms with Crippen LogP contribution in [0.2, 0.25) is 0 Å². The molecular weight excluding hydrogens is 2030 g/mol. The number of unbranched alkanes of at least 4 members (excludes halogenated alkanes) is 1. The molecule has 16 rings (SSSR count). The molecule has 4 aliphatic heterocycles. The van der Waals surface area contributed by atoms with Crippen LogP contribution in [0.4, 0.5) is 128 Å². The molecule has 2 atom stereocenters. The first kappa shape index (κ1) is 112. The summed E-state index contributed by atoms with van der Waals surface area (Å²) in [5.41, 5.74) is 21.7. The van der Waals surface area contributed by atoms with Crippen LogP contribution in [-0.4, -0.2) is 165 Å². The summed E-state index contributed by atoms with van der Waals surface area (Å²) < 4.78 is 323. The smallest absolute Gasteiger partial charge is 0.407 e. The van der Waals surface area contributed by atoms with E-state index in [1.54, 1.807) is 70.7 Å². The number of carbonyl (C=O) groups excluding carboxylic acids is 4. The zero-order chi connectivity index (χ0) is 108. The van der Waals surface area contributed by atoms with Crippen LogP contribution in [0.25, 0.3) is 0 Å². The van der Waals surface area contributed by atoms with Gasteiger partial charge in [-0.2, -0.15) is 65.9 Å². The first-order chi connectivity index (χ1) is 70.0. The molecule has 4 aromatic heterocycles. The van der Waals surface area contributed by atoms with E-state index >= 15 is 0 Å². The van der Waals surface area contributed by atoms with Gasteiger partial charge in [0.25, 0.3) is 22.2 Å². The maximum atomic E-state index is 14.2. The Kier molecular flexibility index (Phi) is 34.7. The minimum absolute atomic E-state index is 0.00514. The first-order valence-corrected chi connectivity index (χ1v) is 46.5. The molecule has 802 valence electrons. The number of halogens is 23. The zero-order valence-electron chi connectivity index (χ0n) is 78.9. The van der Waals surface area contributed by atoms with Crippen LogP contribution in [0.5, 0.6) is 23.0 Å². The van der Waals surface area contributed by atoms with Crippen molar-refractivity contribution in [3.05, 3.63) is 284 Å². The van der Waals surface area contributed by atoms with Crippen molar-refractivity contribution in [1.82, 2.24) is 57.8 Å². The molecule has 8 heterocycles. The third-order valence-electron chi connectivity index (χ3n) is 26.0. The summed E-state index contributed by atoms with van der Waals surface area (Å²) in [4.78, 5) is 125. The molecule has 149 heavy (non-hydrogen) atoms. The summed E-state index contributed by atoms with van der Waals surface area (Å²) >= 11 is 0. The van der Waals surface area contributed by atoms with E-state index in [4.69, 9.17) is 31.4 Å². The molecule has 0 radical (unpaired) electrons. The number of nitrogens with zero attached hydrogens (tertiary/aromatic N) is 12. The third kappa shape index (κ3) is 27.8. The van der Waals surface area contributed by atoms with Crippen LogP contribution in [0.3, 0.4) is 0 Å². The van der Waals surface area contributed by atoms with Crippen LogP contribution in [0.1, 0.15) is 175 Å². The van der Waals surface area contributed by atoms with Crippen molar-refractivity contribution in [3.8, 4) is 23.0 Å². The van der Waals surface area contributed by atoms with Gasteiger partial charge in [0, 0.05) is 79.4 Å². The number of alkyl halides is 21. The fraction of sp³-hybridized carbons (Fsp3) is 0.429. The van der Waals surface area contributed by atoms with Crippen molar-refractivity contribution in [3.63, 3.8) is 0 Å². The largest absolute Gasteiger partial charge is 0.573 e. The van der Waals surface area contributed by atoms with E-state index in [-0.39, 0.29) is 141 Å². The van der Waals surface area contributed by atoms with Crippen LogP contribution in [0, 0.1) is 42.2 Å². The first-order valence-electron chi connectivity index (χ1n) is 46.5. The van der Waals surface area contributed by atoms with E-state index in [0.717, 1.165) is 112 Å². The fourth-order valence-electron chi connectivity index (χ4n) is 18.3. The lowest BCUT2D eigenvalue weighted by molar-refractivity contribution is -0.285. The fourth-order valence-corrected chi connectivity index (χ4v) is 18.3. The highest BCUT2D eigenvalue weighted by Crippen LogP contribution is 2.49. The van der Waals surface area contributed by atoms with Gasteiger partial charge in [-0.15, -0.1) is 26.3 Å². The van der Waals surface area contributed by atoms with E-state index < -0.39 is 170 Å². The van der Waals surface area contributed by atoms with Crippen LogP contribution in [-0.2, 0) is 66.2 Å². The molecule has 0 bridgehead atoms. The topological polar surface area (TPSA) is 345 Å². The number of hydrogen-bond acceptors (Lipinski definition) is 20. The van der Waals surface area contributed by atoms with Gasteiger partial charge in [0.2, 0.25) is 29.7 Å². The molecule has 2 fully saturated rings. The maximum Gasteiger partial charge on any atom is 0.573 e. The number of nitrogen functional groups attached to an aromatic ring is 3. The average Bonchev–Trinajstić information content (AvgIpc) is 0.768. The lowest BCUT2D eigenvalue weighted by atomic mass is 9.68. The van der Waals surface area contributed by atoms with E-state index in [0.29, 0.717) is 58.6 Å². The number of ether oxygens (including phenoxy) is 5. The lowest BCUT2D eigenvalue weighted by Gasteiger charge is -2.44. The van der Waals surface area contributed by atoms with E-state index in [1.165, 1.54) is 9.47 Å². The van der Waals surface area contributed by atoms with Gasteiger partial charge in [0.15, 0.2) is 35.0 Å². The van der Waals surface area contributed by atoms with Gasteiger partial charge < -0.3 is 60.5 Å². The van der Waals surface area contributed by atoms with E-state index in [9.17, 15) is 139 Å². The second kappa shape index (κ2) is 46.2. The third-order valence-corrected chi connectivity index (χ3v) is 26.0. The summed E-state index contributed by atoms with van der Waals surface area (Å²) in [5, 5.41) is 0. The van der Waals surface area contributed by atoms with Crippen molar-refractivity contribution in [1.29, 1.82) is 0 Å². The van der Waals surface area contributed by atoms with Gasteiger partial charge in [0.1, 0.15) is 23.9 Å². The zero-order valence-corrected chi connectivity index (χ0v) is 78.9. The SMILES string of the molecule is CCCCC(c1ccccc1)n1c(C)nc2c(c1=O)CCN(C(=O)CC(C(F)(F)F)C(F)(F)F)C2.Nc1nc2c(c(=O)n1C(C1CCC1)C1CCC1)CCN(C(=O)Oc1ccc(OC(F)(F)F)cc1F)C2.Nc1nc2c(c(=O)n1C(COCC(F)(F)F)c1ccccc1)CCN(C(=O)Oc1ccc(OC(F)(F)F)cc1F)C2.Nc1nc2c(c(=O)n1C(c1ccccc1)c1ccccc1)CCN(C(=O)CC(C(F)(F)F)C(F)(F)F)C2. The number of hydrogen-bond donors (Lipinski definition) is 3. The molecule has 6 aromatic carbocycles. The Morgan fingerprint density at radius 1 is 0.409 bits per heavy atom. The van der Waals surface area contributed by atoms with Crippen molar-refractivity contribution in [2.45, 2.75) is 204 Å². The van der Waals surface area contributed by atoms with E-state index in [1.807, 2.05) is 73.7 Å². The van der Waals surface area contributed by atoms with Crippen LogP contribution >= 0.6 is 0 Å². The Balaban J connectivity index is 0.000000166. The summed E-state index contributed by atoms with van der Waals surface area (Å²) in [6, 6.07) is 37.9. The van der Waals surface area contributed by atoms with Gasteiger partial charge in [-0.25, -0.2) is 38.3 Å². The Morgan fingerprint density at radius 2 is 0.738 bits per heavy atom. The molecule has 0 spiro atoms. The molecule has 0 saturated heterocycles. The number of amides is 4. The number of carbonyl (C=O) groups is 4.